The first-order chi connectivity index (χ1) is 11.4. The second kappa shape index (κ2) is 7.23. The van der Waals surface area contributed by atoms with Gasteiger partial charge in [0, 0.05) is 11.8 Å². The lowest BCUT2D eigenvalue weighted by molar-refractivity contribution is -0.383. The molecule has 0 aromatic heterocycles. The molecule has 2 N–H and O–H groups in total. The van der Waals surface area contributed by atoms with Crippen LogP contribution in [0, 0.1) is 10.1 Å². The van der Waals surface area contributed by atoms with E-state index in [0.717, 1.165) is 6.07 Å². The summed E-state index contributed by atoms with van der Waals surface area (Å²) in [4.78, 5) is 32.9. The average molecular weight is 330 g/mol. The fourth-order valence-electron chi connectivity index (χ4n) is 1.98. The van der Waals surface area contributed by atoms with Gasteiger partial charge in [-0.25, -0.2) is 9.59 Å². The first-order valence-corrected chi connectivity index (χ1v) is 6.98. The van der Waals surface area contributed by atoms with Gasteiger partial charge >= 0.3 is 11.9 Å². The lowest BCUT2D eigenvalue weighted by Gasteiger charge is -2.08. The summed E-state index contributed by atoms with van der Waals surface area (Å²) in [7, 11) is 0. The van der Waals surface area contributed by atoms with E-state index < -0.39 is 16.9 Å². The van der Waals surface area contributed by atoms with Gasteiger partial charge in [-0.3, -0.25) is 10.1 Å². The van der Waals surface area contributed by atoms with Gasteiger partial charge < -0.3 is 15.2 Å². The summed E-state index contributed by atoms with van der Waals surface area (Å²) in [6.07, 6.45) is 0. The van der Waals surface area contributed by atoms with Crippen LogP contribution in [-0.4, -0.2) is 28.6 Å². The maximum Gasteiger partial charge on any atom is 0.338 e. The molecule has 0 aliphatic carbocycles. The third-order valence-corrected chi connectivity index (χ3v) is 3.12. The number of carboxylic acid groups (broad SMARTS) is 1. The normalized spacial score (nSPS) is 10.0. The molecule has 0 bridgehead atoms. The van der Waals surface area contributed by atoms with Crippen LogP contribution >= 0.6 is 0 Å². The fraction of sp³-hybridized carbons (Fsp3) is 0.125. The van der Waals surface area contributed by atoms with Crippen molar-refractivity contribution in [2.45, 2.75) is 6.92 Å². The molecule has 24 heavy (non-hydrogen) atoms. The standard InChI is InChI=1S/C16H14N2O6/c1-2-24-16(21)10-3-6-12(7-4-10)17-13-8-5-11(15(19)20)9-14(13)18(22)23/h3-9,17H,2H2,1H3,(H,19,20). The zero-order chi connectivity index (χ0) is 17.7. The summed E-state index contributed by atoms with van der Waals surface area (Å²) in [6, 6.07) is 9.76. The van der Waals surface area contributed by atoms with E-state index in [-0.39, 0.29) is 23.5 Å². The molecule has 0 heterocycles. The Balaban J connectivity index is 2.26. The minimum atomic E-state index is -1.25. The van der Waals surface area contributed by atoms with Crippen molar-refractivity contribution in [3.05, 3.63) is 63.7 Å². The molecule has 0 radical (unpaired) electrons. The fourth-order valence-corrected chi connectivity index (χ4v) is 1.98. The molecule has 0 atom stereocenters. The number of nitrogens with one attached hydrogen (secondary N) is 1. The molecule has 0 aliphatic rings. The van der Waals surface area contributed by atoms with Gasteiger partial charge in [0.25, 0.3) is 5.69 Å². The van der Waals surface area contributed by atoms with Crippen molar-refractivity contribution in [1.29, 1.82) is 0 Å². The van der Waals surface area contributed by atoms with Gasteiger partial charge in [-0.05, 0) is 43.3 Å². The molecular weight excluding hydrogens is 316 g/mol. The number of esters is 1. The Labute approximate surface area is 136 Å². The zero-order valence-electron chi connectivity index (χ0n) is 12.7. The minimum absolute atomic E-state index is 0.147. The van der Waals surface area contributed by atoms with E-state index in [0.29, 0.717) is 11.3 Å². The second-order valence-corrected chi connectivity index (χ2v) is 4.72. The highest BCUT2D eigenvalue weighted by Crippen LogP contribution is 2.28. The molecular formula is C16H14N2O6. The van der Waals surface area contributed by atoms with Gasteiger partial charge in [-0.2, -0.15) is 0 Å². The summed E-state index contributed by atoms with van der Waals surface area (Å²) in [5, 5.41) is 22.9. The van der Waals surface area contributed by atoms with Crippen LogP contribution in [0.3, 0.4) is 0 Å². The molecule has 0 fully saturated rings. The van der Waals surface area contributed by atoms with Crippen molar-refractivity contribution in [1.82, 2.24) is 0 Å². The molecule has 0 aliphatic heterocycles. The number of nitro groups is 1. The monoisotopic (exact) mass is 330 g/mol. The number of nitrogens with zero attached hydrogens (tertiary/aromatic N) is 1. The van der Waals surface area contributed by atoms with E-state index in [9.17, 15) is 19.7 Å². The van der Waals surface area contributed by atoms with Crippen molar-refractivity contribution < 1.29 is 24.4 Å². The number of hydrogen-bond acceptors (Lipinski definition) is 6. The van der Waals surface area contributed by atoms with Gasteiger partial charge in [0.1, 0.15) is 5.69 Å². The number of carboxylic acids is 1. The van der Waals surface area contributed by atoms with Gasteiger partial charge in [0.15, 0.2) is 0 Å². The van der Waals surface area contributed by atoms with Crippen molar-refractivity contribution in [2.75, 3.05) is 11.9 Å². The van der Waals surface area contributed by atoms with Crippen molar-refractivity contribution in [3.63, 3.8) is 0 Å². The van der Waals surface area contributed by atoms with E-state index in [1.165, 1.54) is 24.3 Å². The Morgan fingerprint density at radius 1 is 1.17 bits per heavy atom. The highest BCUT2D eigenvalue weighted by molar-refractivity contribution is 5.91. The summed E-state index contributed by atoms with van der Waals surface area (Å²) in [6.45, 7) is 1.97. The molecule has 0 unspecified atom stereocenters. The Morgan fingerprint density at radius 3 is 2.33 bits per heavy atom. The van der Waals surface area contributed by atoms with Crippen molar-refractivity contribution in [3.8, 4) is 0 Å². The Hall–Kier alpha value is -3.42. The average Bonchev–Trinajstić information content (AvgIpc) is 2.55. The third-order valence-electron chi connectivity index (χ3n) is 3.12. The smallest absolute Gasteiger partial charge is 0.338 e. The van der Waals surface area contributed by atoms with Crippen LogP contribution in [0.1, 0.15) is 27.6 Å². The molecule has 124 valence electrons. The van der Waals surface area contributed by atoms with E-state index >= 15 is 0 Å². The number of benzene rings is 2. The summed E-state index contributed by atoms with van der Waals surface area (Å²) in [5.74, 6) is -1.70. The molecule has 2 rings (SSSR count). The van der Waals surface area contributed by atoms with Crippen LogP contribution in [0.2, 0.25) is 0 Å². The lowest BCUT2D eigenvalue weighted by atomic mass is 10.1. The van der Waals surface area contributed by atoms with Crippen LogP contribution in [-0.2, 0) is 4.74 Å². The number of nitro benzene ring substituents is 1. The summed E-state index contributed by atoms with van der Waals surface area (Å²) >= 11 is 0. The van der Waals surface area contributed by atoms with Crippen LogP contribution in [0.25, 0.3) is 0 Å². The van der Waals surface area contributed by atoms with Gasteiger partial charge in [-0.1, -0.05) is 0 Å². The van der Waals surface area contributed by atoms with E-state index in [1.807, 2.05) is 0 Å². The van der Waals surface area contributed by atoms with Crippen LogP contribution in [0.15, 0.2) is 42.5 Å². The molecule has 0 amide bonds. The second-order valence-electron chi connectivity index (χ2n) is 4.72. The topological polar surface area (TPSA) is 119 Å². The van der Waals surface area contributed by atoms with Crippen molar-refractivity contribution in [2.24, 2.45) is 0 Å². The first kappa shape index (κ1) is 16.9. The molecule has 0 saturated heterocycles. The largest absolute Gasteiger partial charge is 0.478 e. The molecule has 2 aromatic carbocycles. The minimum Gasteiger partial charge on any atom is -0.478 e. The number of aromatic carboxylic acids is 1. The number of hydrogen-bond donors (Lipinski definition) is 2. The van der Waals surface area contributed by atoms with Crippen molar-refractivity contribution >= 4 is 29.0 Å². The number of anilines is 2. The van der Waals surface area contributed by atoms with Gasteiger partial charge in [0.05, 0.1) is 22.7 Å². The molecule has 0 spiro atoms. The lowest BCUT2D eigenvalue weighted by Crippen LogP contribution is -2.05. The maximum atomic E-state index is 11.6. The predicted molar refractivity (Wildman–Crippen MR) is 85.7 cm³/mol. The Bertz CT molecular complexity index is 786. The van der Waals surface area contributed by atoms with E-state index in [4.69, 9.17) is 9.84 Å². The summed E-state index contributed by atoms with van der Waals surface area (Å²) in [5.41, 5.74) is 0.482. The quantitative estimate of drug-likeness (QED) is 0.474. The third kappa shape index (κ3) is 3.86. The van der Waals surface area contributed by atoms with Gasteiger partial charge in [0.2, 0.25) is 0 Å². The first-order valence-electron chi connectivity index (χ1n) is 6.98. The zero-order valence-corrected chi connectivity index (χ0v) is 12.7. The summed E-state index contributed by atoms with van der Waals surface area (Å²) < 4.78 is 4.87. The molecule has 0 saturated carbocycles. The molecule has 2 aromatic rings. The van der Waals surface area contributed by atoms with E-state index in [2.05, 4.69) is 5.32 Å². The van der Waals surface area contributed by atoms with Crippen LogP contribution in [0.5, 0.6) is 0 Å². The van der Waals surface area contributed by atoms with Crippen LogP contribution < -0.4 is 5.32 Å². The van der Waals surface area contributed by atoms with E-state index in [1.54, 1.807) is 19.1 Å². The maximum absolute atomic E-state index is 11.6. The highest BCUT2D eigenvalue weighted by atomic mass is 16.6. The molecule has 8 heteroatoms. The SMILES string of the molecule is CCOC(=O)c1ccc(Nc2ccc(C(=O)O)cc2[N+](=O)[O-])cc1. The molecule has 8 nitrogen and oxygen atoms in total. The highest BCUT2D eigenvalue weighted by Gasteiger charge is 2.17. The number of rotatable bonds is 6. The predicted octanol–water partition coefficient (Wildman–Crippen LogP) is 3.21. The Kier molecular flexibility index (Phi) is 5.10. The Morgan fingerprint density at radius 2 is 1.79 bits per heavy atom. The number of carbonyl (C=O) groups excluding carboxylic acids is 1. The van der Waals surface area contributed by atoms with Gasteiger partial charge in [-0.15, -0.1) is 0 Å². The number of carbonyl (C=O) groups is 2. The van der Waals surface area contributed by atoms with Crippen LogP contribution in [0.4, 0.5) is 17.1 Å². The number of ether oxygens (including phenoxy) is 1.